The molecule has 1 aromatic heterocycles. The predicted octanol–water partition coefficient (Wildman–Crippen LogP) is 1.09. The van der Waals surface area contributed by atoms with Gasteiger partial charge >= 0.3 is 6.03 Å². The zero-order valence-corrected chi connectivity index (χ0v) is 11.8. The number of primary amides is 1. The molecule has 1 heterocycles. The van der Waals surface area contributed by atoms with E-state index in [0.717, 1.165) is 0 Å². The Morgan fingerprint density at radius 3 is 2.58 bits per heavy atom. The molecular formula is C11H17FN3O3S+. The summed E-state index contributed by atoms with van der Waals surface area (Å²) in [6.45, 7) is 2.61. The standard InChI is InChI=1S/C11H16FN3O3S/c1-11(2,12)9-5-4-8(6-15(9)17)7-19(3,18)14-10(13)16/h4-6H,7H2,1-3H3,(H2-,13,16,17)/p+1. The molecule has 106 valence electrons. The van der Waals surface area contributed by atoms with Crippen LogP contribution < -0.4 is 10.5 Å². The minimum Gasteiger partial charge on any atom is -0.349 e. The number of hydrogen-bond donors (Lipinski definition) is 2. The molecule has 6 nitrogen and oxygen atoms in total. The van der Waals surface area contributed by atoms with E-state index in [-0.39, 0.29) is 11.4 Å². The molecule has 0 aliphatic heterocycles. The van der Waals surface area contributed by atoms with E-state index in [9.17, 15) is 18.6 Å². The highest BCUT2D eigenvalue weighted by Crippen LogP contribution is 2.21. The van der Waals surface area contributed by atoms with Crippen molar-refractivity contribution in [3.63, 3.8) is 0 Å². The Hall–Kier alpha value is -1.70. The molecule has 1 rings (SSSR count). The lowest BCUT2D eigenvalue weighted by molar-refractivity contribution is -0.912. The van der Waals surface area contributed by atoms with Gasteiger partial charge in [0.15, 0.2) is 5.67 Å². The molecule has 0 radical (unpaired) electrons. The minimum absolute atomic E-state index is 0.0608. The first-order valence-electron chi connectivity index (χ1n) is 5.44. The van der Waals surface area contributed by atoms with E-state index in [2.05, 4.69) is 4.36 Å². The van der Waals surface area contributed by atoms with Gasteiger partial charge in [-0.05, 0) is 19.9 Å². The number of rotatable bonds is 3. The molecule has 0 aromatic carbocycles. The number of carbonyl (C=O) groups is 1. The molecule has 0 aliphatic rings. The molecule has 2 amide bonds. The van der Waals surface area contributed by atoms with Crippen LogP contribution >= 0.6 is 0 Å². The summed E-state index contributed by atoms with van der Waals surface area (Å²) in [4.78, 5) is 10.6. The molecular weight excluding hydrogens is 273 g/mol. The lowest BCUT2D eigenvalue weighted by Gasteiger charge is -2.09. The fourth-order valence-electron chi connectivity index (χ4n) is 1.62. The van der Waals surface area contributed by atoms with Gasteiger partial charge in [-0.3, -0.25) is 5.21 Å². The largest absolute Gasteiger partial charge is 0.349 e. The first-order valence-corrected chi connectivity index (χ1v) is 7.53. The average Bonchev–Trinajstić information content (AvgIpc) is 2.11. The van der Waals surface area contributed by atoms with Crippen LogP contribution in [0, 0.1) is 0 Å². The number of alkyl halides is 1. The summed E-state index contributed by atoms with van der Waals surface area (Å²) in [5, 5.41) is 9.67. The Morgan fingerprint density at radius 1 is 1.58 bits per heavy atom. The van der Waals surface area contributed by atoms with Gasteiger partial charge in [-0.1, -0.05) is 0 Å². The molecule has 19 heavy (non-hydrogen) atoms. The van der Waals surface area contributed by atoms with E-state index in [1.807, 2.05) is 0 Å². The van der Waals surface area contributed by atoms with Crippen molar-refractivity contribution >= 4 is 15.8 Å². The van der Waals surface area contributed by atoms with Crippen molar-refractivity contribution in [1.82, 2.24) is 0 Å². The quantitative estimate of drug-likeness (QED) is 0.644. The summed E-state index contributed by atoms with van der Waals surface area (Å²) in [6, 6.07) is 1.89. The average molecular weight is 290 g/mol. The Balaban J connectivity index is 3.11. The second-order valence-electron chi connectivity index (χ2n) is 4.77. The Morgan fingerprint density at radius 2 is 2.16 bits per heavy atom. The van der Waals surface area contributed by atoms with Gasteiger partial charge in [-0.15, -0.1) is 4.36 Å². The lowest BCUT2D eigenvalue weighted by Crippen LogP contribution is -2.40. The first-order chi connectivity index (χ1) is 8.51. The van der Waals surface area contributed by atoms with Crippen LogP contribution in [0.25, 0.3) is 0 Å². The van der Waals surface area contributed by atoms with Crippen molar-refractivity contribution in [3.8, 4) is 0 Å². The van der Waals surface area contributed by atoms with E-state index in [1.165, 1.54) is 38.4 Å². The van der Waals surface area contributed by atoms with Gasteiger partial charge in [0.1, 0.15) is 0 Å². The molecule has 1 aromatic rings. The lowest BCUT2D eigenvalue weighted by atomic mass is 10.1. The fourth-order valence-corrected chi connectivity index (χ4v) is 2.85. The van der Waals surface area contributed by atoms with Gasteiger partial charge in [0.25, 0.3) is 5.69 Å². The van der Waals surface area contributed by atoms with E-state index in [0.29, 0.717) is 10.3 Å². The maximum absolute atomic E-state index is 13.7. The molecule has 1 atom stereocenters. The van der Waals surface area contributed by atoms with Crippen molar-refractivity contribution in [2.75, 3.05) is 6.26 Å². The van der Waals surface area contributed by atoms with E-state index in [4.69, 9.17) is 5.73 Å². The number of pyridine rings is 1. The summed E-state index contributed by atoms with van der Waals surface area (Å²) in [7, 11) is -2.82. The van der Waals surface area contributed by atoms with Crippen molar-refractivity contribution in [1.29, 1.82) is 0 Å². The molecule has 0 spiro atoms. The third-order valence-corrected chi connectivity index (χ3v) is 3.75. The Labute approximate surface area is 111 Å². The summed E-state index contributed by atoms with van der Waals surface area (Å²) in [5.74, 6) is -0.0660. The fraction of sp³-hybridized carbons (Fsp3) is 0.455. The molecule has 0 fully saturated rings. The number of urea groups is 1. The van der Waals surface area contributed by atoms with Gasteiger partial charge in [0.05, 0.1) is 15.5 Å². The smallest absolute Gasteiger partial charge is 0.346 e. The van der Waals surface area contributed by atoms with Crippen LogP contribution in [0.15, 0.2) is 22.7 Å². The van der Waals surface area contributed by atoms with Gasteiger partial charge in [0, 0.05) is 22.6 Å². The van der Waals surface area contributed by atoms with Crippen LogP contribution in [-0.4, -0.2) is 21.7 Å². The van der Waals surface area contributed by atoms with Crippen LogP contribution in [0.4, 0.5) is 9.18 Å². The molecule has 3 N–H and O–H groups in total. The third-order valence-electron chi connectivity index (χ3n) is 2.32. The highest BCUT2D eigenvalue weighted by Gasteiger charge is 2.31. The molecule has 8 heteroatoms. The van der Waals surface area contributed by atoms with Crippen molar-refractivity contribution in [2.24, 2.45) is 10.1 Å². The summed E-state index contributed by atoms with van der Waals surface area (Å²) in [5.41, 5.74) is 3.66. The summed E-state index contributed by atoms with van der Waals surface area (Å²) < 4.78 is 29.6. The molecule has 0 aliphatic carbocycles. The number of nitrogens with two attached hydrogens (primary N) is 1. The second-order valence-corrected chi connectivity index (χ2v) is 7.16. The molecule has 1 unspecified atom stereocenters. The van der Waals surface area contributed by atoms with Gasteiger partial charge < -0.3 is 5.73 Å². The van der Waals surface area contributed by atoms with Gasteiger partial charge in [0.2, 0.25) is 6.20 Å². The number of amides is 2. The van der Waals surface area contributed by atoms with Crippen LogP contribution in [0.2, 0.25) is 0 Å². The second kappa shape index (κ2) is 5.12. The zero-order valence-electron chi connectivity index (χ0n) is 11.0. The molecule has 0 saturated carbocycles. The highest BCUT2D eigenvalue weighted by molar-refractivity contribution is 7.92. The van der Waals surface area contributed by atoms with Crippen molar-refractivity contribution in [2.45, 2.75) is 25.3 Å². The predicted molar refractivity (Wildman–Crippen MR) is 67.7 cm³/mol. The zero-order chi connectivity index (χ0) is 14.8. The number of halogens is 1. The van der Waals surface area contributed by atoms with Crippen molar-refractivity contribution < 1.29 is 23.3 Å². The van der Waals surface area contributed by atoms with Crippen LogP contribution in [0.1, 0.15) is 25.1 Å². The van der Waals surface area contributed by atoms with Crippen molar-refractivity contribution in [3.05, 3.63) is 29.6 Å². The van der Waals surface area contributed by atoms with E-state index < -0.39 is 21.4 Å². The Kier molecular flexibility index (Phi) is 4.14. The summed E-state index contributed by atoms with van der Waals surface area (Å²) >= 11 is 0. The normalized spacial score (nSPS) is 14.7. The van der Waals surface area contributed by atoms with Crippen LogP contribution in [0.3, 0.4) is 0 Å². The summed E-state index contributed by atoms with van der Waals surface area (Å²) in [6.07, 6.45) is 2.52. The van der Waals surface area contributed by atoms with Crippen LogP contribution in [-0.2, 0) is 21.2 Å². The molecule has 0 saturated heterocycles. The van der Waals surface area contributed by atoms with Gasteiger partial charge in [-0.25, -0.2) is 13.4 Å². The third kappa shape index (κ3) is 4.47. The Bertz CT molecular complexity index is 616. The van der Waals surface area contributed by atoms with E-state index >= 15 is 0 Å². The van der Waals surface area contributed by atoms with E-state index in [1.54, 1.807) is 0 Å². The molecule has 0 bridgehead atoms. The number of nitrogens with zero attached hydrogens (tertiary/aromatic N) is 2. The maximum Gasteiger partial charge on any atom is 0.346 e. The number of aromatic nitrogens is 1. The van der Waals surface area contributed by atoms with Crippen LogP contribution in [0.5, 0.6) is 0 Å². The SMILES string of the molecule is CC(C)(F)c1ccc(CS(C)(=O)=NC(N)=O)c[n+]1O. The minimum atomic E-state index is -2.82. The first kappa shape index (κ1) is 15.4. The highest BCUT2D eigenvalue weighted by atomic mass is 32.2. The number of carbonyl (C=O) groups excluding carboxylic acids is 1. The van der Waals surface area contributed by atoms with Gasteiger partial charge in [-0.2, -0.15) is 0 Å². The maximum atomic E-state index is 13.7. The number of hydrogen-bond acceptors (Lipinski definition) is 3. The topological polar surface area (TPSA) is 96.6 Å². The monoisotopic (exact) mass is 290 g/mol.